The quantitative estimate of drug-likeness (QED) is 0.604. The Hall–Kier alpha value is -1.10. The average molecular weight is 281 g/mol. The topological polar surface area (TPSA) is 61.7 Å². The number of benzene rings is 1. The lowest BCUT2D eigenvalue weighted by Crippen LogP contribution is -2.33. The molecule has 114 valence electrons. The monoisotopic (exact) mass is 281 g/mol. The summed E-state index contributed by atoms with van der Waals surface area (Å²) in [6.45, 7) is 7.45. The molecule has 1 aromatic rings. The van der Waals surface area contributed by atoms with Gasteiger partial charge in [0.25, 0.3) is 0 Å². The van der Waals surface area contributed by atoms with E-state index in [9.17, 15) is 10.2 Å². The van der Waals surface area contributed by atoms with E-state index >= 15 is 0 Å². The van der Waals surface area contributed by atoms with Crippen LogP contribution in [0.25, 0.3) is 0 Å². The summed E-state index contributed by atoms with van der Waals surface area (Å²) in [6, 6.07) is 5.99. The summed E-state index contributed by atoms with van der Waals surface area (Å²) in [5, 5.41) is 22.3. The second-order valence-corrected chi connectivity index (χ2v) is 5.29. The molecule has 0 aliphatic carbocycles. The molecule has 0 spiro atoms. The molecule has 0 aromatic heterocycles. The Morgan fingerprint density at radius 1 is 1.20 bits per heavy atom. The van der Waals surface area contributed by atoms with E-state index in [4.69, 9.17) is 4.74 Å². The molecule has 2 atom stereocenters. The van der Waals surface area contributed by atoms with Gasteiger partial charge >= 0.3 is 0 Å². The molecular weight excluding hydrogens is 254 g/mol. The number of aliphatic hydroxyl groups is 2. The normalized spacial score (nSPS) is 14.1. The number of ether oxygens (including phenoxy) is 1. The van der Waals surface area contributed by atoms with Crippen molar-refractivity contribution in [3.8, 4) is 5.75 Å². The number of hydrogen-bond acceptors (Lipinski definition) is 4. The van der Waals surface area contributed by atoms with Crippen LogP contribution in [0.3, 0.4) is 0 Å². The lowest BCUT2D eigenvalue weighted by molar-refractivity contribution is 0.103. The van der Waals surface area contributed by atoms with Gasteiger partial charge < -0.3 is 20.3 Å². The molecule has 0 aliphatic heterocycles. The molecule has 4 heteroatoms. The first-order valence-corrected chi connectivity index (χ1v) is 7.29. The van der Waals surface area contributed by atoms with Crippen LogP contribution in [0.2, 0.25) is 0 Å². The van der Waals surface area contributed by atoms with Gasteiger partial charge in [0.1, 0.15) is 18.5 Å². The van der Waals surface area contributed by atoms with Gasteiger partial charge in [-0.15, -0.1) is 0 Å². The van der Waals surface area contributed by atoms with Gasteiger partial charge in [0.05, 0.1) is 6.10 Å². The van der Waals surface area contributed by atoms with Crippen molar-refractivity contribution in [2.75, 3.05) is 19.7 Å². The van der Waals surface area contributed by atoms with Gasteiger partial charge in [0.15, 0.2) is 0 Å². The highest BCUT2D eigenvalue weighted by atomic mass is 16.5. The maximum Gasteiger partial charge on any atom is 0.122 e. The Kier molecular flexibility index (Phi) is 7.59. The fraction of sp³-hybridized carbons (Fsp3) is 0.625. The van der Waals surface area contributed by atoms with E-state index in [0.717, 1.165) is 17.7 Å². The third-order valence-corrected chi connectivity index (χ3v) is 3.27. The summed E-state index contributed by atoms with van der Waals surface area (Å²) in [5.41, 5.74) is 2.28. The van der Waals surface area contributed by atoms with E-state index < -0.39 is 6.10 Å². The fourth-order valence-electron chi connectivity index (χ4n) is 1.95. The molecule has 0 aliphatic rings. The number of nitrogens with one attached hydrogen (secondary N) is 1. The lowest BCUT2D eigenvalue weighted by Gasteiger charge is -2.15. The molecule has 2 unspecified atom stereocenters. The predicted octanol–water partition coefficient (Wildman–Crippen LogP) is 1.79. The van der Waals surface area contributed by atoms with Crippen molar-refractivity contribution in [1.82, 2.24) is 5.32 Å². The first kappa shape index (κ1) is 17.0. The lowest BCUT2D eigenvalue weighted by atomic mass is 10.1. The minimum Gasteiger partial charge on any atom is -0.491 e. The fourth-order valence-corrected chi connectivity index (χ4v) is 1.95. The van der Waals surface area contributed by atoms with Gasteiger partial charge in [-0.3, -0.25) is 0 Å². The van der Waals surface area contributed by atoms with Gasteiger partial charge in [-0.25, -0.2) is 0 Å². The molecule has 0 amide bonds. The number of rotatable bonds is 9. The summed E-state index contributed by atoms with van der Waals surface area (Å²) in [6.07, 6.45) is 0.668. The Labute approximate surface area is 121 Å². The van der Waals surface area contributed by atoms with Gasteiger partial charge in [0.2, 0.25) is 0 Å². The minimum absolute atomic E-state index is 0.258. The molecule has 1 rings (SSSR count). The molecule has 0 fully saturated rings. The highest BCUT2D eigenvalue weighted by Gasteiger charge is 2.07. The molecule has 1 aromatic carbocycles. The van der Waals surface area contributed by atoms with E-state index in [1.807, 2.05) is 32.9 Å². The maximum absolute atomic E-state index is 9.83. The summed E-state index contributed by atoms with van der Waals surface area (Å²) < 4.78 is 5.61. The van der Waals surface area contributed by atoms with Crippen molar-refractivity contribution in [1.29, 1.82) is 0 Å². The highest BCUT2D eigenvalue weighted by Crippen LogP contribution is 2.18. The zero-order valence-electron chi connectivity index (χ0n) is 12.7. The molecule has 0 saturated heterocycles. The van der Waals surface area contributed by atoms with Gasteiger partial charge in [-0.2, -0.15) is 0 Å². The van der Waals surface area contributed by atoms with Crippen molar-refractivity contribution >= 4 is 0 Å². The van der Waals surface area contributed by atoms with Crippen LogP contribution in [0.15, 0.2) is 18.2 Å². The number of hydrogen-bond donors (Lipinski definition) is 3. The third-order valence-electron chi connectivity index (χ3n) is 3.27. The molecule has 0 radical (unpaired) electrons. The van der Waals surface area contributed by atoms with E-state index in [2.05, 4.69) is 11.4 Å². The van der Waals surface area contributed by atoms with Crippen LogP contribution < -0.4 is 10.1 Å². The van der Waals surface area contributed by atoms with Gasteiger partial charge in [-0.05, 0) is 44.9 Å². The summed E-state index contributed by atoms with van der Waals surface area (Å²) in [5.74, 6) is 0.816. The smallest absolute Gasteiger partial charge is 0.122 e. The zero-order valence-corrected chi connectivity index (χ0v) is 12.7. The Bertz CT molecular complexity index is 395. The first-order valence-electron chi connectivity index (χ1n) is 7.29. The van der Waals surface area contributed by atoms with E-state index in [0.29, 0.717) is 19.5 Å². The van der Waals surface area contributed by atoms with Crippen molar-refractivity contribution in [2.45, 2.75) is 45.8 Å². The largest absolute Gasteiger partial charge is 0.491 e. The average Bonchev–Trinajstić information content (AvgIpc) is 2.42. The Balaban J connectivity index is 2.21. The van der Waals surface area contributed by atoms with Crippen LogP contribution in [-0.2, 0) is 0 Å². The van der Waals surface area contributed by atoms with E-state index in [-0.39, 0.29) is 12.7 Å². The Morgan fingerprint density at radius 2 is 1.95 bits per heavy atom. The second-order valence-electron chi connectivity index (χ2n) is 5.29. The maximum atomic E-state index is 9.83. The van der Waals surface area contributed by atoms with Crippen LogP contribution in [0.4, 0.5) is 0 Å². The summed E-state index contributed by atoms with van der Waals surface area (Å²) >= 11 is 0. The predicted molar refractivity (Wildman–Crippen MR) is 81.2 cm³/mol. The minimum atomic E-state index is -0.547. The Morgan fingerprint density at radius 3 is 2.60 bits per heavy atom. The molecule has 0 bridgehead atoms. The van der Waals surface area contributed by atoms with Crippen LogP contribution in [0.5, 0.6) is 5.75 Å². The van der Waals surface area contributed by atoms with Crippen LogP contribution in [-0.4, -0.2) is 42.1 Å². The summed E-state index contributed by atoms with van der Waals surface area (Å²) in [7, 11) is 0. The molecule has 3 N–H and O–H groups in total. The SMILES string of the molecule is CCC(O)CCNCC(O)COc1ccc(C)cc1C. The molecule has 0 saturated carbocycles. The molecule has 20 heavy (non-hydrogen) atoms. The van der Waals surface area contributed by atoms with Gasteiger partial charge in [0, 0.05) is 6.54 Å². The van der Waals surface area contributed by atoms with Crippen molar-refractivity contribution < 1.29 is 14.9 Å². The third kappa shape index (κ3) is 6.37. The van der Waals surface area contributed by atoms with Crippen molar-refractivity contribution in [2.24, 2.45) is 0 Å². The summed E-state index contributed by atoms with van der Waals surface area (Å²) in [4.78, 5) is 0. The van der Waals surface area contributed by atoms with Gasteiger partial charge in [-0.1, -0.05) is 24.6 Å². The van der Waals surface area contributed by atoms with Crippen LogP contribution in [0.1, 0.15) is 30.9 Å². The van der Waals surface area contributed by atoms with Crippen molar-refractivity contribution in [3.63, 3.8) is 0 Å². The molecular formula is C16H27NO3. The zero-order chi connectivity index (χ0) is 15.0. The van der Waals surface area contributed by atoms with Crippen LogP contribution >= 0.6 is 0 Å². The van der Waals surface area contributed by atoms with E-state index in [1.54, 1.807) is 0 Å². The standard InChI is InChI=1S/C16H27NO3/c1-4-14(18)7-8-17-10-15(19)11-20-16-6-5-12(2)9-13(16)3/h5-6,9,14-15,17-19H,4,7-8,10-11H2,1-3H3. The second kappa shape index (κ2) is 8.95. The van der Waals surface area contributed by atoms with Crippen molar-refractivity contribution in [3.05, 3.63) is 29.3 Å². The molecule has 0 heterocycles. The van der Waals surface area contributed by atoms with Crippen LogP contribution in [0, 0.1) is 13.8 Å². The first-order chi connectivity index (χ1) is 9.52. The molecule has 4 nitrogen and oxygen atoms in total. The number of aliphatic hydroxyl groups excluding tert-OH is 2. The highest BCUT2D eigenvalue weighted by molar-refractivity contribution is 5.35. The van der Waals surface area contributed by atoms with E-state index in [1.165, 1.54) is 5.56 Å². The number of aryl methyl sites for hydroxylation is 2.